The van der Waals surface area contributed by atoms with Gasteiger partial charge < -0.3 is 11.5 Å². The van der Waals surface area contributed by atoms with Gasteiger partial charge in [-0.3, -0.25) is 0 Å². The maximum atomic E-state index is 12.6. The van der Waals surface area contributed by atoms with Crippen molar-refractivity contribution in [2.45, 2.75) is 24.8 Å². The summed E-state index contributed by atoms with van der Waals surface area (Å²) in [7, 11) is 0. The van der Waals surface area contributed by atoms with E-state index in [2.05, 4.69) is 0 Å². The summed E-state index contributed by atoms with van der Waals surface area (Å²) >= 11 is 0. The Kier molecular flexibility index (Phi) is 6.31. The van der Waals surface area contributed by atoms with Crippen LogP contribution in [0.4, 0.5) is 26.3 Å². The van der Waals surface area contributed by atoms with Gasteiger partial charge in [-0.15, -0.1) is 12.4 Å². The summed E-state index contributed by atoms with van der Waals surface area (Å²) in [6.07, 6.45) is -9.63. The quantitative estimate of drug-likeness (QED) is 0.837. The van der Waals surface area contributed by atoms with Crippen molar-refractivity contribution in [3.63, 3.8) is 0 Å². The number of alkyl halides is 6. The fraction of sp³-hybridized carbons (Fsp3) is 0.455. The minimum atomic E-state index is -4.86. The normalized spacial score (nSPS) is 13.8. The zero-order chi connectivity index (χ0) is 14.8. The summed E-state index contributed by atoms with van der Waals surface area (Å²) in [5.74, 6) is 0. The molecule has 0 aliphatic carbocycles. The van der Waals surface area contributed by atoms with Gasteiger partial charge in [0.25, 0.3) is 0 Å². The number of benzene rings is 1. The molecule has 0 fully saturated rings. The molecule has 0 unspecified atom stereocenters. The number of hydrogen-bond donors (Lipinski definition) is 2. The highest BCUT2D eigenvalue weighted by molar-refractivity contribution is 5.85. The second kappa shape index (κ2) is 6.64. The molecule has 0 radical (unpaired) electrons. The van der Waals surface area contributed by atoms with Gasteiger partial charge in [-0.05, 0) is 36.7 Å². The summed E-state index contributed by atoms with van der Waals surface area (Å²) in [6, 6.07) is 0.345. The summed E-state index contributed by atoms with van der Waals surface area (Å²) in [5.41, 5.74) is 7.73. The Bertz CT molecular complexity index is 411. The average Bonchev–Trinajstić information content (AvgIpc) is 2.26. The van der Waals surface area contributed by atoms with Crippen LogP contribution in [-0.4, -0.2) is 6.54 Å². The highest BCUT2D eigenvalue weighted by Crippen LogP contribution is 2.37. The molecule has 0 bridgehead atoms. The summed E-state index contributed by atoms with van der Waals surface area (Å²) in [5, 5.41) is 0. The molecule has 0 heterocycles. The van der Waals surface area contributed by atoms with Crippen LogP contribution in [0.15, 0.2) is 18.2 Å². The van der Waals surface area contributed by atoms with Crippen LogP contribution in [0.1, 0.15) is 29.2 Å². The predicted octanol–water partition coefficient (Wildman–Crippen LogP) is 3.49. The van der Waals surface area contributed by atoms with E-state index in [-0.39, 0.29) is 37.0 Å². The first kappa shape index (κ1) is 19.0. The van der Waals surface area contributed by atoms with Crippen LogP contribution in [0.5, 0.6) is 0 Å². The van der Waals surface area contributed by atoms with Crippen molar-refractivity contribution in [1.29, 1.82) is 0 Å². The van der Waals surface area contributed by atoms with Crippen LogP contribution in [0.3, 0.4) is 0 Å². The molecule has 0 aliphatic rings. The minimum Gasteiger partial charge on any atom is -0.330 e. The third-order valence-electron chi connectivity index (χ3n) is 2.52. The first-order chi connectivity index (χ1) is 8.55. The molecule has 2 nitrogen and oxygen atoms in total. The molecule has 0 saturated carbocycles. The van der Waals surface area contributed by atoms with Gasteiger partial charge in [0.2, 0.25) is 0 Å². The number of nitrogens with two attached hydrogens (primary N) is 2. The van der Waals surface area contributed by atoms with Crippen LogP contribution in [0.2, 0.25) is 0 Å². The zero-order valence-corrected chi connectivity index (χ0v) is 10.9. The van der Waals surface area contributed by atoms with Crippen molar-refractivity contribution in [3.8, 4) is 0 Å². The van der Waals surface area contributed by atoms with Crippen molar-refractivity contribution < 1.29 is 26.3 Å². The lowest BCUT2D eigenvalue weighted by molar-refractivity contribution is -0.143. The Labute approximate surface area is 117 Å². The van der Waals surface area contributed by atoms with E-state index in [9.17, 15) is 26.3 Å². The van der Waals surface area contributed by atoms with Crippen molar-refractivity contribution in [2.75, 3.05) is 6.54 Å². The fourth-order valence-corrected chi connectivity index (χ4v) is 1.54. The maximum absolute atomic E-state index is 12.6. The van der Waals surface area contributed by atoms with E-state index in [0.29, 0.717) is 12.1 Å². The minimum absolute atomic E-state index is 0. The summed E-state index contributed by atoms with van der Waals surface area (Å²) < 4.78 is 75.3. The van der Waals surface area contributed by atoms with Crippen molar-refractivity contribution >= 4 is 12.4 Å². The maximum Gasteiger partial charge on any atom is 0.416 e. The van der Waals surface area contributed by atoms with Gasteiger partial charge in [0.05, 0.1) is 11.1 Å². The van der Waals surface area contributed by atoms with E-state index < -0.39 is 29.5 Å². The Morgan fingerprint density at radius 2 is 1.30 bits per heavy atom. The van der Waals surface area contributed by atoms with Crippen molar-refractivity contribution in [2.24, 2.45) is 11.5 Å². The standard InChI is InChI=1S/C11H12F6N2.ClH/c12-10(13,14)7-3-6(9(19)1-2-18)4-8(5-7)11(15,16)17;/h3-5,9H,1-2,18-19H2;1H/t9-;/m0./s1. The van der Waals surface area contributed by atoms with E-state index in [1.54, 1.807) is 0 Å². The van der Waals surface area contributed by atoms with Gasteiger partial charge in [0, 0.05) is 6.04 Å². The van der Waals surface area contributed by atoms with Crippen LogP contribution < -0.4 is 11.5 Å². The number of hydrogen-bond acceptors (Lipinski definition) is 2. The lowest BCUT2D eigenvalue weighted by atomic mass is 9.98. The number of rotatable bonds is 3. The van der Waals surface area contributed by atoms with Crippen molar-refractivity contribution in [3.05, 3.63) is 34.9 Å². The lowest BCUT2D eigenvalue weighted by Crippen LogP contribution is -2.18. The Morgan fingerprint density at radius 3 is 1.60 bits per heavy atom. The SMILES string of the molecule is Cl.NCC[C@H](N)c1cc(C(F)(F)F)cc(C(F)(F)F)c1. The molecule has 1 aromatic carbocycles. The third kappa shape index (κ3) is 4.84. The molecule has 0 amide bonds. The van der Waals surface area contributed by atoms with Crippen LogP contribution in [-0.2, 0) is 12.4 Å². The number of halogens is 7. The molecule has 9 heteroatoms. The van der Waals surface area contributed by atoms with Crippen LogP contribution in [0.25, 0.3) is 0 Å². The molecule has 1 rings (SSSR count). The van der Waals surface area contributed by atoms with E-state index in [1.165, 1.54) is 0 Å². The van der Waals surface area contributed by atoms with Gasteiger partial charge >= 0.3 is 12.4 Å². The van der Waals surface area contributed by atoms with Gasteiger partial charge in [0.15, 0.2) is 0 Å². The van der Waals surface area contributed by atoms with Gasteiger partial charge in [0.1, 0.15) is 0 Å². The summed E-state index contributed by atoms with van der Waals surface area (Å²) in [6.45, 7) is 0.0682. The largest absolute Gasteiger partial charge is 0.416 e. The Morgan fingerprint density at radius 1 is 0.900 bits per heavy atom. The van der Waals surface area contributed by atoms with E-state index in [4.69, 9.17) is 11.5 Å². The van der Waals surface area contributed by atoms with E-state index in [0.717, 1.165) is 0 Å². The van der Waals surface area contributed by atoms with Gasteiger partial charge in [-0.2, -0.15) is 26.3 Å². The van der Waals surface area contributed by atoms with Crippen LogP contribution in [0, 0.1) is 0 Å². The average molecular weight is 323 g/mol. The molecular formula is C11H13ClF6N2. The molecule has 0 spiro atoms. The third-order valence-corrected chi connectivity index (χ3v) is 2.52. The molecule has 4 N–H and O–H groups in total. The lowest BCUT2D eigenvalue weighted by Gasteiger charge is -2.17. The highest BCUT2D eigenvalue weighted by Gasteiger charge is 2.37. The first-order valence-corrected chi connectivity index (χ1v) is 5.30. The molecule has 20 heavy (non-hydrogen) atoms. The van der Waals surface area contributed by atoms with Crippen LogP contribution >= 0.6 is 12.4 Å². The Hall–Kier alpha value is -0.990. The zero-order valence-electron chi connectivity index (χ0n) is 10.1. The van der Waals surface area contributed by atoms with Gasteiger partial charge in [-0.25, -0.2) is 0 Å². The van der Waals surface area contributed by atoms with E-state index in [1.807, 2.05) is 0 Å². The smallest absolute Gasteiger partial charge is 0.330 e. The second-order valence-corrected chi connectivity index (χ2v) is 4.02. The molecular weight excluding hydrogens is 310 g/mol. The fourth-order valence-electron chi connectivity index (χ4n) is 1.54. The van der Waals surface area contributed by atoms with Crippen molar-refractivity contribution in [1.82, 2.24) is 0 Å². The predicted molar refractivity (Wildman–Crippen MR) is 64.3 cm³/mol. The molecule has 0 aliphatic heterocycles. The highest BCUT2D eigenvalue weighted by atomic mass is 35.5. The molecule has 116 valence electrons. The molecule has 0 saturated heterocycles. The molecule has 0 aromatic heterocycles. The second-order valence-electron chi connectivity index (χ2n) is 4.02. The monoisotopic (exact) mass is 322 g/mol. The molecule has 1 atom stereocenters. The Balaban J connectivity index is 0.00000361. The summed E-state index contributed by atoms with van der Waals surface area (Å²) in [4.78, 5) is 0. The molecule has 1 aromatic rings. The topological polar surface area (TPSA) is 52.0 Å². The first-order valence-electron chi connectivity index (χ1n) is 5.30. The van der Waals surface area contributed by atoms with E-state index >= 15 is 0 Å². The van der Waals surface area contributed by atoms with Gasteiger partial charge in [-0.1, -0.05) is 0 Å².